The van der Waals surface area contributed by atoms with Crippen LogP contribution in [0.25, 0.3) is 0 Å². The quantitative estimate of drug-likeness (QED) is 0.865. The molecule has 0 saturated carbocycles. The molecule has 6 heteroatoms. The van der Waals surface area contributed by atoms with Crippen LogP contribution < -0.4 is 5.69 Å². The summed E-state index contributed by atoms with van der Waals surface area (Å²) in [5, 5.41) is 4.22. The highest BCUT2D eigenvalue weighted by molar-refractivity contribution is 5.94. The number of amides is 1. The van der Waals surface area contributed by atoms with Gasteiger partial charge in [0.2, 0.25) is 0 Å². The summed E-state index contributed by atoms with van der Waals surface area (Å²) >= 11 is 0. The van der Waals surface area contributed by atoms with E-state index < -0.39 is 0 Å². The number of carbonyl (C=O) groups is 1. The molecule has 1 fully saturated rings. The first-order chi connectivity index (χ1) is 11.4. The highest BCUT2D eigenvalue weighted by Crippen LogP contribution is 2.20. The maximum absolute atomic E-state index is 12.5. The molecular weight excluding hydrogens is 304 g/mol. The second-order valence-electron chi connectivity index (χ2n) is 7.42. The molecule has 24 heavy (non-hydrogen) atoms. The number of benzene rings is 1. The first-order valence-electron chi connectivity index (χ1n) is 8.35. The molecular formula is C18H24N4O2. The molecule has 0 unspecified atom stereocenters. The summed E-state index contributed by atoms with van der Waals surface area (Å²) in [6.45, 7) is 7.90. The molecule has 2 heterocycles. The van der Waals surface area contributed by atoms with Crippen molar-refractivity contribution in [3.8, 4) is 0 Å². The van der Waals surface area contributed by atoms with E-state index in [1.54, 1.807) is 10.9 Å². The van der Waals surface area contributed by atoms with Crippen LogP contribution in [-0.4, -0.2) is 38.2 Å². The molecule has 1 amide bonds. The Morgan fingerprint density at radius 2 is 1.96 bits per heavy atom. The molecule has 3 rings (SSSR count). The van der Waals surface area contributed by atoms with Crippen molar-refractivity contribution in [2.75, 3.05) is 13.1 Å². The third-order valence-corrected chi connectivity index (χ3v) is 4.42. The molecule has 1 aliphatic heterocycles. The third-order valence-electron chi connectivity index (χ3n) is 4.42. The van der Waals surface area contributed by atoms with E-state index in [0.717, 1.165) is 18.5 Å². The standard InChI is InChI=1S/C18H24N4O2/c1-18(2,3)22-17(24)21(13-19-22)12-14-9-10-20(11-14)16(23)15-7-5-4-6-8-15/h4-8,13-14H,9-12H2,1-3H3/t14-/m0/s1. The predicted molar refractivity (Wildman–Crippen MR) is 91.9 cm³/mol. The Balaban J connectivity index is 1.66. The van der Waals surface area contributed by atoms with Gasteiger partial charge in [-0.05, 0) is 45.2 Å². The van der Waals surface area contributed by atoms with E-state index in [2.05, 4.69) is 5.10 Å². The number of nitrogens with zero attached hydrogens (tertiary/aromatic N) is 4. The molecule has 0 bridgehead atoms. The Bertz CT molecular complexity index is 770. The van der Waals surface area contributed by atoms with Crippen LogP contribution >= 0.6 is 0 Å². The monoisotopic (exact) mass is 328 g/mol. The number of carbonyl (C=O) groups excluding carboxylic acids is 1. The lowest BCUT2D eigenvalue weighted by molar-refractivity contribution is 0.0786. The minimum absolute atomic E-state index is 0.0656. The van der Waals surface area contributed by atoms with Gasteiger partial charge in [-0.25, -0.2) is 9.48 Å². The van der Waals surface area contributed by atoms with Gasteiger partial charge in [-0.15, -0.1) is 0 Å². The van der Waals surface area contributed by atoms with Gasteiger partial charge in [0.05, 0.1) is 5.54 Å². The zero-order valence-electron chi connectivity index (χ0n) is 14.5. The smallest absolute Gasteiger partial charge is 0.338 e. The largest absolute Gasteiger partial charge is 0.346 e. The minimum Gasteiger partial charge on any atom is -0.338 e. The topological polar surface area (TPSA) is 60.1 Å². The van der Waals surface area contributed by atoms with Crippen molar-refractivity contribution in [2.24, 2.45) is 5.92 Å². The van der Waals surface area contributed by atoms with Gasteiger partial charge in [0.25, 0.3) is 5.91 Å². The summed E-state index contributed by atoms with van der Waals surface area (Å²) in [6.07, 6.45) is 2.51. The van der Waals surface area contributed by atoms with Crippen molar-refractivity contribution < 1.29 is 4.79 Å². The maximum atomic E-state index is 12.5. The van der Waals surface area contributed by atoms with Crippen molar-refractivity contribution in [3.05, 3.63) is 52.7 Å². The molecule has 0 spiro atoms. The molecule has 1 aromatic heterocycles. The van der Waals surface area contributed by atoms with E-state index in [1.165, 1.54) is 4.68 Å². The van der Waals surface area contributed by atoms with Crippen LogP contribution in [0.15, 0.2) is 41.5 Å². The lowest BCUT2D eigenvalue weighted by atomic mass is 10.1. The summed E-state index contributed by atoms with van der Waals surface area (Å²) in [6, 6.07) is 9.34. The lowest BCUT2D eigenvalue weighted by Gasteiger charge is -2.17. The van der Waals surface area contributed by atoms with Crippen molar-refractivity contribution in [1.82, 2.24) is 19.2 Å². The molecule has 6 nitrogen and oxygen atoms in total. The van der Waals surface area contributed by atoms with E-state index in [0.29, 0.717) is 13.1 Å². The van der Waals surface area contributed by atoms with E-state index in [-0.39, 0.29) is 23.1 Å². The fourth-order valence-corrected chi connectivity index (χ4v) is 3.13. The van der Waals surface area contributed by atoms with Gasteiger partial charge in [0.15, 0.2) is 0 Å². The Morgan fingerprint density at radius 1 is 1.25 bits per heavy atom. The second kappa shape index (κ2) is 6.26. The van der Waals surface area contributed by atoms with Crippen LogP contribution in [-0.2, 0) is 12.1 Å². The molecule has 1 aliphatic rings. The van der Waals surface area contributed by atoms with Gasteiger partial charge >= 0.3 is 5.69 Å². The van der Waals surface area contributed by atoms with Crippen LogP contribution in [0.5, 0.6) is 0 Å². The number of rotatable bonds is 3. The Hall–Kier alpha value is -2.37. The van der Waals surface area contributed by atoms with Crippen LogP contribution in [0, 0.1) is 5.92 Å². The summed E-state index contributed by atoms with van der Waals surface area (Å²) < 4.78 is 3.17. The normalized spacial score (nSPS) is 18.1. The van der Waals surface area contributed by atoms with Gasteiger partial charge in [-0.3, -0.25) is 9.36 Å². The highest BCUT2D eigenvalue weighted by Gasteiger charge is 2.28. The van der Waals surface area contributed by atoms with Crippen molar-refractivity contribution in [3.63, 3.8) is 0 Å². The predicted octanol–water partition coefficient (Wildman–Crippen LogP) is 1.96. The molecule has 2 aromatic rings. The average molecular weight is 328 g/mol. The van der Waals surface area contributed by atoms with Gasteiger partial charge in [0.1, 0.15) is 6.33 Å². The summed E-state index contributed by atoms with van der Waals surface area (Å²) in [4.78, 5) is 26.8. The number of likely N-dealkylation sites (tertiary alicyclic amines) is 1. The average Bonchev–Trinajstić information content (AvgIpc) is 3.15. The fraction of sp³-hybridized carbons (Fsp3) is 0.500. The molecule has 1 aromatic carbocycles. The third kappa shape index (κ3) is 3.27. The van der Waals surface area contributed by atoms with E-state index >= 15 is 0 Å². The molecule has 1 atom stereocenters. The number of hydrogen-bond acceptors (Lipinski definition) is 3. The van der Waals surface area contributed by atoms with Crippen molar-refractivity contribution >= 4 is 5.91 Å². The van der Waals surface area contributed by atoms with E-state index in [9.17, 15) is 9.59 Å². The second-order valence-corrected chi connectivity index (χ2v) is 7.42. The number of hydrogen-bond donors (Lipinski definition) is 0. The van der Waals surface area contributed by atoms with Gasteiger partial charge in [-0.2, -0.15) is 5.10 Å². The zero-order valence-corrected chi connectivity index (χ0v) is 14.5. The molecule has 128 valence electrons. The molecule has 0 N–H and O–H groups in total. The number of aromatic nitrogens is 3. The van der Waals surface area contributed by atoms with Crippen LogP contribution in [0.3, 0.4) is 0 Å². The molecule has 0 radical (unpaired) electrons. The Morgan fingerprint density at radius 3 is 2.58 bits per heavy atom. The van der Waals surface area contributed by atoms with Gasteiger partial charge in [-0.1, -0.05) is 18.2 Å². The van der Waals surface area contributed by atoms with Gasteiger partial charge < -0.3 is 4.90 Å². The van der Waals surface area contributed by atoms with Gasteiger partial charge in [0, 0.05) is 25.2 Å². The first kappa shape index (κ1) is 16.5. The van der Waals surface area contributed by atoms with E-state index in [1.807, 2.05) is 56.0 Å². The first-order valence-corrected chi connectivity index (χ1v) is 8.35. The molecule has 1 saturated heterocycles. The summed E-state index contributed by atoms with van der Waals surface area (Å²) in [7, 11) is 0. The summed E-state index contributed by atoms with van der Waals surface area (Å²) in [5.74, 6) is 0.351. The molecule has 0 aliphatic carbocycles. The highest BCUT2D eigenvalue weighted by atomic mass is 16.2. The van der Waals surface area contributed by atoms with Crippen molar-refractivity contribution in [1.29, 1.82) is 0 Å². The van der Waals surface area contributed by atoms with Crippen LogP contribution in [0.2, 0.25) is 0 Å². The van der Waals surface area contributed by atoms with Crippen molar-refractivity contribution in [2.45, 2.75) is 39.3 Å². The van der Waals surface area contributed by atoms with Crippen LogP contribution in [0.1, 0.15) is 37.6 Å². The SMILES string of the molecule is CC(C)(C)n1ncn(C[C@H]2CCN(C(=O)c3ccccc3)C2)c1=O. The summed E-state index contributed by atoms with van der Waals surface area (Å²) in [5.41, 5.74) is 0.305. The van der Waals surface area contributed by atoms with Crippen LogP contribution in [0.4, 0.5) is 0 Å². The fourth-order valence-electron chi connectivity index (χ4n) is 3.13. The zero-order chi connectivity index (χ0) is 17.3. The Kier molecular flexibility index (Phi) is 4.30. The Labute approximate surface area is 141 Å². The maximum Gasteiger partial charge on any atom is 0.346 e. The minimum atomic E-state index is -0.326. The lowest BCUT2D eigenvalue weighted by Crippen LogP contribution is -2.36. The van der Waals surface area contributed by atoms with E-state index in [4.69, 9.17) is 0 Å².